The highest BCUT2D eigenvalue weighted by Gasteiger charge is 2.50. The molecule has 29 heavy (non-hydrogen) atoms. The van der Waals surface area contributed by atoms with Crippen molar-refractivity contribution in [2.24, 2.45) is 5.11 Å². The SMILES string of the molecule is CC(=O)OC[C@H]1O[C@@H](Sc2ccccc2)[C@H](N=[N+]=[N-])[C@@H](OC(C)=O)[C@H]1OC(C)=O. The number of thioether (sulfide) groups is 1. The summed E-state index contributed by atoms with van der Waals surface area (Å²) < 4.78 is 21.7. The van der Waals surface area contributed by atoms with Gasteiger partial charge in [-0.25, -0.2) is 0 Å². The normalized spacial score (nSPS) is 26.0. The third-order valence-electron chi connectivity index (χ3n) is 3.85. The summed E-state index contributed by atoms with van der Waals surface area (Å²) in [6, 6.07) is 8.18. The minimum absolute atomic E-state index is 0.236. The second-order valence-electron chi connectivity index (χ2n) is 6.12. The van der Waals surface area contributed by atoms with Crippen LogP contribution >= 0.6 is 11.8 Å². The second-order valence-corrected chi connectivity index (χ2v) is 7.29. The fourth-order valence-electron chi connectivity index (χ4n) is 2.80. The number of carbonyl (C=O) groups excluding carboxylic acids is 3. The quantitative estimate of drug-likeness (QED) is 0.214. The van der Waals surface area contributed by atoms with E-state index in [2.05, 4.69) is 10.0 Å². The molecule has 2 rings (SSSR count). The zero-order valence-corrected chi connectivity index (χ0v) is 16.9. The predicted octanol–water partition coefficient (Wildman–Crippen LogP) is 2.61. The highest BCUT2D eigenvalue weighted by molar-refractivity contribution is 7.99. The smallest absolute Gasteiger partial charge is 0.303 e. The number of carbonyl (C=O) groups is 3. The Balaban J connectivity index is 2.41. The molecule has 0 amide bonds. The molecular weight excluding hydrogens is 402 g/mol. The van der Waals surface area contributed by atoms with Gasteiger partial charge in [0.1, 0.15) is 24.2 Å². The zero-order chi connectivity index (χ0) is 21.4. The lowest BCUT2D eigenvalue weighted by Crippen LogP contribution is -2.59. The maximum absolute atomic E-state index is 11.7. The van der Waals surface area contributed by atoms with Gasteiger partial charge < -0.3 is 18.9 Å². The molecule has 1 aromatic rings. The largest absolute Gasteiger partial charge is 0.463 e. The van der Waals surface area contributed by atoms with Gasteiger partial charge in [0.05, 0.1) is 0 Å². The Bertz CT molecular complexity index is 785. The van der Waals surface area contributed by atoms with E-state index in [1.165, 1.54) is 32.5 Å². The fraction of sp³-hybridized carbons (Fsp3) is 0.500. The molecule has 156 valence electrons. The molecule has 0 radical (unpaired) electrons. The summed E-state index contributed by atoms with van der Waals surface area (Å²) in [5.74, 6) is -1.86. The van der Waals surface area contributed by atoms with E-state index in [1.807, 2.05) is 30.3 Å². The van der Waals surface area contributed by atoms with Crippen LogP contribution in [0.25, 0.3) is 10.4 Å². The maximum Gasteiger partial charge on any atom is 0.303 e. The lowest BCUT2D eigenvalue weighted by molar-refractivity contribution is -0.208. The monoisotopic (exact) mass is 423 g/mol. The van der Waals surface area contributed by atoms with Crippen LogP contribution in [-0.2, 0) is 33.3 Å². The number of hydrogen-bond donors (Lipinski definition) is 0. The topological polar surface area (TPSA) is 137 Å². The van der Waals surface area contributed by atoms with Crippen molar-refractivity contribution < 1.29 is 33.3 Å². The van der Waals surface area contributed by atoms with Gasteiger partial charge in [0, 0.05) is 30.6 Å². The first-order valence-electron chi connectivity index (χ1n) is 8.71. The van der Waals surface area contributed by atoms with Crippen molar-refractivity contribution in [2.45, 2.75) is 55.5 Å². The van der Waals surface area contributed by atoms with Crippen LogP contribution in [0.15, 0.2) is 40.3 Å². The molecule has 0 spiro atoms. The summed E-state index contributed by atoms with van der Waals surface area (Å²) in [5.41, 5.74) is 8.25. The van der Waals surface area contributed by atoms with Crippen molar-refractivity contribution in [2.75, 3.05) is 6.61 Å². The predicted molar refractivity (Wildman–Crippen MR) is 102 cm³/mol. The Kier molecular flexibility index (Phi) is 8.32. The second kappa shape index (κ2) is 10.7. The number of azide groups is 1. The van der Waals surface area contributed by atoms with Crippen LogP contribution in [0.4, 0.5) is 0 Å². The van der Waals surface area contributed by atoms with Gasteiger partial charge in [0.2, 0.25) is 0 Å². The number of hydrogen-bond acceptors (Lipinski definition) is 9. The lowest BCUT2D eigenvalue weighted by atomic mass is 9.98. The van der Waals surface area contributed by atoms with Crippen LogP contribution in [0.1, 0.15) is 20.8 Å². The van der Waals surface area contributed by atoms with Crippen LogP contribution in [0.3, 0.4) is 0 Å². The maximum atomic E-state index is 11.7. The van der Waals surface area contributed by atoms with Gasteiger partial charge in [-0.05, 0) is 17.7 Å². The standard InChI is InChI=1S/C18H21N3O7S/c1-10(22)25-9-14-16(26-11(2)23)17(27-12(3)24)15(20-21-19)18(28-14)29-13-7-5-4-6-8-13/h4-8,14-18H,9H2,1-3H3/t14-,15-,16+,17-,18+/m1/s1. The van der Waals surface area contributed by atoms with Gasteiger partial charge >= 0.3 is 17.9 Å². The first kappa shape index (κ1) is 22.5. The zero-order valence-electron chi connectivity index (χ0n) is 16.1. The van der Waals surface area contributed by atoms with Crippen LogP contribution in [0.2, 0.25) is 0 Å². The minimum atomic E-state index is -1.13. The van der Waals surface area contributed by atoms with Crippen molar-refractivity contribution >= 4 is 29.7 Å². The van der Waals surface area contributed by atoms with Crippen LogP contribution < -0.4 is 0 Å². The number of ether oxygens (including phenoxy) is 4. The Morgan fingerprint density at radius 1 is 1.07 bits per heavy atom. The highest BCUT2D eigenvalue weighted by Crippen LogP contribution is 2.37. The molecule has 1 aromatic carbocycles. The van der Waals surface area contributed by atoms with Crippen molar-refractivity contribution in [3.8, 4) is 0 Å². The summed E-state index contributed by atoms with van der Waals surface area (Å²) in [6.45, 7) is 3.36. The van der Waals surface area contributed by atoms with Crippen LogP contribution in [-0.4, -0.2) is 54.3 Å². The van der Waals surface area contributed by atoms with E-state index in [-0.39, 0.29) is 6.61 Å². The Hall–Kier alpha value is -2.75. The number of nitrogens with zero attached hydrogens (tertiary/aromatic N) is 3. The molecule has 0 saturated carbocycles. The third kappa shape index (κ3) is 6.67. The number of benzene rings is 1. The minimum Gasteiger partial charge on any atom is -0.463 e. The summed E-state index contributed by atoms with van der Waals surface area (Å²) in [7, 11) is 0. The average molecular weight is 423 g/mol. The van der Waals surface area contributed by atoms with Crippen molar-refractivity contribution in [1.29, 1.82) is 0 Å². The van der Waals surface area contributed by atoms with E-state index in [0.717, 1.165) is 4.90 Å². The molecule has 0 aromatic heterocycles. The molecular formula is C18H21N3O7S. The molecule has 1 saturated heterocycles. The fourth-order valence-corrected chi connectivity index (χ4v) is 3.93. The van der Waals surface area contributed by atoms with E-state index < -0.39 is 47.7 Å². The van der Waals surface area contributed by atoms with Crippen molar-refractivity contribution in [1.82, 2.24) is 0 Å². The molecule has 0 aliphatic carbocycles. The van der Waals surface area contributed by atoms with Gasteiger partial charge in [0.25, 0.3) is 0 Å². The van der Waals surface area contributed by atoms with Gasteiger partial charge in [-0.2, -0.15) is 0 Å². The summed E-state index contributed by atoms with van der Waals surface area (Å²) >= 11 is 1.24. The Morgan fingerprint density at radius 2 is 1.69 bits per heavy atom. The van der Waals surface area contributed by atoms with E-state index in [0.29, 0.717) is 0 Å². The molecule has 0 N–H and O–H groups in total. The lowest BCUT2D eigenvalue weighted by Gasteiger charge is -2.43. The Labute approximate surface area is 171 Å². The Morgan fingerprint density at radius 3 is 2.24 bits per heavy atom. The molecule has 1 aliphatic rings. The van der Waals surface area contributed by atoms with Crippen LogP contribution in [0.5, 0.6) is 0 Å². The summed E-state index contributed by atoms with van der Waals surface area (Å²) in [4.78, 5) is 38.3. The van der Waals surface area contributed by atoms with E-state index >= 15 is 0 Å². The average Bonchev–Trinajstić information content (AvgIpc) is 2.65. The summed E-state index contributed by atoms with van der Waals surface area (Å²) in [5, 5.41) is 3.74. The van der Waals surface area contributed by atoms with Crippen molar-refractivity contribution in [3.05, 3.63) is 40.8 Å². The molecule has 5 atom stereocenters. The molecule has 1 heterocycles. The van der Waals surface area contributed by atoms with E-state index in [4.69, 9.17) is 24.5 Å². The van der Waals surface area contributed by atoms with Gasteiger partial charge in [-0.3, -0.25) is 14.4 Å². The highest BCUT2D eigenvalue weighted by atomic mass is 32.2. The van der Waals surface area contributed by atoms with Gasteiger partial charge in [0.15, 0.2) is 12.2 Å². The van der Waals surface area contributed by atoms with Crippen LogP contribution in [0, 0.1) is 0 Å². The van der Waals surface area contributed by atoms with Gasteiger partial charge in [-0.15, -0.1) is 0 Å². The first-order chi connectivity index (χ1) is 13.8. The van der Waals surface area contributed by atoms with Gasteiger partial charge in [-0.1, -0.05) is 35.1 Å². The molecule has 1 fully saturated rings. The molecule has 10 nitrogen and oxygen atoms in total. The number of esters is 3. The summed E-state index contributed by atoms with van der Waals surface area (Å²) in [6.07, 6.45) is -3.18. The van der Waals surface area contributed by atoms with E-state index in [9.17, 15) is 14.4 Å². The molecule has 0 bridgehead atoms. The molecule has 0 unspecified atom stereocenters. The molecule has 1 aliphatic heterocycles. The first-order valence-corrected chi connectivity index (χ1v) is 9.59. The third-order valence-corrected chi connectivity index (χ3v) is 5.02. The number of rotatable bonds is 7. The van der Waals surface area contributed by atoms with Crippen molar-refractivity contribution in [3.63, 3.8) is 0 Å². The molecule has 11 heteroatoms. The van der Waals surface area contributed by atoms with E-state index in [1.54, 1.807) is 0 Å².